The Kier molecular flexibility index (Phi) is 7.41. The molecular weight excluding hydrogens is 340 g/mol. The molecule has 0 spiro atoms. The molecule has 0 aliphatic heterocycles. The van der Waals surface area contributed by atoms with Crippen LogP contribution in [-0.4, -0.2) is 36.4 Å². The molecule has 0 heterocycles. The molecule has 0 fully saturated rings. The number of nitrogens with one attached hydrogen (secondary N) is 1. The fraction of sp³-hybridized carbons (Fsp3) is 0.364. The van der Waals surface area contributed by atoms with Gasteiger partial charge in [0, 0.05) is 13.6 Å². The van der Waals surface area contributed by atoms with Crippen molar-refractivity contribution in [3.8, 4) is 5.75 Å². The van der Waals surface area contributed by atoms with Gasteiger partial charge in [0.25, 0.3) is 5.91 Å². The highest BCUT2D eigenvalue weighted by atomic mass is 16.5. The smallest absolute Gasteiger partial charge is 0.261 e. The van der Waals surface area contributed by atoms with Crippen molar-refractivity contribution in [1.29, 1.82) is 0 Å². The lowest BCUT2D eigenvalue weighted by Gasteiger charge is -2.30. The second-order valence-electron chi connectivity index (χ2n) is 6.65. The number of carbonyl (C=O) groups excluding carboxylic acids is 2. The van der Waals surface area contributed by atoms with Crippen LogP contribution in [0.25, 0.3) is 0 Å². The van der Waals surface area contributed by atoms with Crippen LogP contribution >= 0.6 is 0 Å². The second kappa shape index (κ2) is 9.76. The lowest BCUT2D eigenvalue weighted by Crippen LogP contribution is -2.49. The van der Waals surface area contributed by atoms with E-state index in [-0.39, 0.29) is 18.4 Å². The summed E-state index contributed by atoms with van der Waals surface area (Å²) in [4.78, 5) is 26.8. The van der Waals surface area contributed by atoms with Crippen molar-refractivity contribution in [2.45, 2.75) is 39.8 Å². The van der Waals surface area contributed by atoms with Crippen LogP contribution in [0.3, 0.4) is 0 Å². The predicted molar refractivity (Wildman–Crippen MR) is 107 cm³/mol. The third-order valence-corrected chi connectivity index (χ3v) is 4.49. The Balaban J connectivity index is 2.15. The molecule has 2 amide bonds. The van der Waals surface area contributed by atoms with Crippen LogP contribution < -0.4 is 10.1 Å². The molecule has 0 unspecified atom stereocenters. The van der Waals surface area contributed by atoms with Gasteiger partial charge in [0.05, 0.1) is 0 Å². The van der Waals surface area contributed by atoms with Crippen molar-refractivity contribution in [1.82, 2.24) is 10.2 Å². The molecule has 1 atom stereocenters. The third-order valence-electron chi connectivity index (χ3n) is 4.49. The van der Waals surface area contributed by atoms with Gasteiger partial charge < -0.3 is 15.0 Å². The highest BCUT2D eigenvalue weighted by Crippen LogP contribution is 2.15. The van der Waals surface area contributed by atoms with Crippen molar-refractivity contribution in [3.63, 3.8) is 0 Å². The van der Waals surface area contributed by atoms with Gasteiger partial charge in [0.2, 0.25) is 5.91 Å². The summed E-state index contributed by atoms with van der Waals surface area (Å²) in [5, 5.41) is 2.65. The van der Waals surface area contributed by atoms with Gasteiger partial charge in [-0.05, 0) is 38.0 Å². The number of likely N-dealkylation sites (N-methyl/N-ethyl adjacent to an activating group) is 1. The zero-order chi connectivity index (χ0) is 19.8. The summed E-state index contributed by atoms with van der Waals surface area (Å²) in [6.07, 6.45) is 0.530. The minimum absolute atomic E-state index is 0.109. The SMILES string of the molecule is CC[C@H](C(=O)NC)N(Cc1ccc(C)cc1)C(=O)COc1ccc(C)cc1. The van der Waals surface area contributed by atoms with Crippen molar-refractivity contribution in [3.05, 3.63) is 65.2 Å². The first-order valence-corrected chi connectivity index (χ1v) is 9.20. The minimum atomic E-state index is -0.537. The summed E-state index contributed by atoms with van der Waals surface area (Å²) in [5.74, 6) is 0.247. The molecule has 0 aliphatic carbocycles. The third kappa shape index (κ3) is 5.84. The molecule has 0 saturated heterocycles. The van der Waals surface area contributed by atoms with E-state index in [1.54, 1.807) is 11.9 Å². The Bertz CT molecular complexity index is 754. The fourth-order valence-corrected chi connectivity index (χ4v) is 2.84. The number of carbonyl (C=O) groups is 2. The van der Waals surface area contributed by atoms with Gasteiger partial charge in [-0.3, -0.25) is 9.59 Å². The summed E-state index contributed by atoms with van der Waals surface area (Å²) in [5.41, 5.74) is 3.25. The first kappa shape index (κ1) is 20.5. The van der Waals surface area contributed by atoms with Crippen LogP contribution in [0.1, 0.15) is 30.0 Å². The van der Waals surface area contributed by atoms with E-state index in [9.17, 15) is 9.59 Å². The maximum atomic E-state index is 12.9. The largest absolute Gasteiger partial charge is 0.484 e. The van der Waals surface area contributed by atoms with E-state index in [4.69, 9.17) is 4.74 Å². The number of hydrogen-bond donors (Lipinski definition) is 1. The topological polar surface area (TPSA) is 58.6 Å². The number of benzene rings is 2. The van der Waals surface area contributed by atoms with Gasteiger partial charge in [-0.1, -0.05) is 54.4 Å². The standard InChI is InChI=1S/C22H28N2O3/c1-5-20(22(26)23-4)24(14-18-10-6-16(2)7-11-18)21(25)15-27-19-12-8-17(3)9-13-19/h6-13,20H,5,14-15H2,1-4H3,(H,23,26)/t20-/m1/s1. The molecule has 0 radical (unpaired) electrons. The van der Waals surface area contributed by atoms with E-state index < -0.39 is 6.04 Å². The molecule has 0 saturated carbocycles. The van der Waals surface area contributed by atoms with E-state index >= 15 is 0 Å². The average molecular weight is 368 g/mol. The predicted octanol–water partition coefficient (Wildman–Crippen LogP) is 3.24. The molecule has 0 bridgehead atoms. The monoisotopic (exact) mass is 368 g/mol. The van der Waals surface area contributed by atoms with Crippen LogP contribution in [0.4, 0.5) is 0 Å². The summed E-state index contributed by atoms with van der Waals surface area (Å²) >= 11 is 0. The number of rotatable bonds is 8. The maximum absolute atomic E-state index is 12.9. The van der Waals surface area contributed by atoms with Gasteiger partial charge in [-0.25, -0.2) is 0 Å². The molecule has 1 N–H and O–H groups in total. The quantitative estimate of drug-likeness (QED) is 0.778. The number of ether oxygens (including phenoxy) is 1. The van der Waals surface area contributed by atoms with Gasteiger partial charge in [-0.2, -0.15) is 0 Å². The first-order valence-electron chi connectivity index (χ1n) is 9.20. The van der Waals surface area contributed by atoms with E-state index in [2.05, 4.69) is 5.32 Å². The van der Waals surface area contributed by atoms with Crippen LogP contribution in [0.5, 0.6) is 5.75 Å². The zero-order valence-electron chi connectivity index (χ0n) is 16.5. The Morgan fingerprint density at radius 3 is 2.07 bits per heavy atom. The molecule has 0 aliphatic rings. The van der Waals surface area contributed by atoms with E-state index in [1.807, 2.05) is 69.3 Å². The fourth-order valence-electron chi connectivity index (χ4n) is 2.84. The lowest BCUT2D eigenvalue weighted by atomic mass is 10.1. The Hall–Kier alpha value is -2.82. The molecular formula is C22H28N2O3. The van der Waals surface area contributed by atoms with Crippen molar-refractivity contribution in [2.75, 3.05) is 13.7 Å². The number of aryl methyl sites for hydroxylation is 2. The lowest BCUT2D eigenvalue weighted by molar-refractivity contribution is -0.142. The Morgan fingerprint density at radius 2 is 1.56 bits per heavy atom. The highest BCUT2D eigenvalue weighted by Gasteiger charge is 2.28. The molecule has 2 aromatic carbocycles. The van der Waals surface area contributed by atoms with Crippen molar-refractivity contribution >= 4 is 11.8 Å². The van der Waals surface area contributed by atoms with Crippen LogP contribution in [0, 0.1) is 13.8 Å². The van der Waals surface area contributed by atoms with Crippen LogP contribution in [0.15, 0.2) is 48.5 Å². The summed E-state index contributed by atoms with van der Waals surface area (Å²) in [6.45, 7) is 6.16. The molecule has 2 rings (SSSR count). The number of amides is 2. The molecule has 5 heteroatoms. The molecule has 5 nitrogen and oxygen atoms in total. The minimum Gasteiger partial charge on any atom is -0.484 e. The first-order chi connectivity index (χ1) is 12.9. The van der Waals surface area contributed by atoms with Crippen LogP contribution in [-0.2, 0) is 16.1 Å². The van der Waals surface area contributed by atoms with Gasteiger partial charge >= 0.3 is 0 Å². The van der Waals surface area contributed by atoms with Crippen molar-refractivity contribution in [2.24, 2.45) is 0 Å². The Labute approximate surface area is 161 Å². The number of nitrogens with zero attached hydrogens (tertiary/aromatic N) is 1. The van der Waals surface area contributed by atoms with Gasteiger partial charge in [-0.15, -0.1) is 0 Å². The van der Waals surface area contributed by atoms with E-state index in [0.29, 0.717) is 18.7 Å². The summed E-state index contributed by atoms with van der Waals surface area (Å²) < 4.78 is 5.65. The summed E-state index contributed by atoms with van der Waals surface area (Å²) in [6, 6.07) is 15.0. The highest BCUT2D eigenvalue weighted by molar-refractivity contribution is 5.88. The van der Waals surface area contributed by atoms with Crippen molar-refractivity contribution < 1.29 is 14.3 Å². The molecule has 0 aromatic heterocycles. The Morgan fingerprint density at radius 1 is 1.00 bits per heavy atom. The van der Waals surface area contributed by atoms with Gasteiger partial charge in [0.15, 0.2) is 6.61 Å². The van der Waals surface area contributed by atoms with Gasteiger partial charge in [0.1, 0.15) is 11.8 Å². The van der Waals surface area contributed by atoms with E-state index in [0.717, 1.165) is 16.7 Å². The maximum Gasteiger partial charge on any atom is 0.261 e. The summed E-state index contributed by atoms with van der Waals surface area (Å²) in [7, 11) is 1.59. The molecule has 144 valence electrons. The number of hydrogen-bond acceptors (Lipinski definition) is 3. The second-order valence-corrected chi connectivity index (χ2v) is 6.65. The average Bonchev–Trinajstić information content (AvgIpc) is 2.68. The van der Waals surface area contributed by atoms with Crippen LogP contribution in [0.2, 0.25) is 0 Å². The molecule has 27 heavy (non-hydrogen) atoms. The normalized spacial score (nSPS) is 11.6. The van der Waals surface area contributed by atoms with E-state index in [1.165, 1.54) is 0 Å². The zero-order valence-corrected chi connectivity index (χ0v) is 16.5. The molecule has 2 aromatic rings.